The first-order valence-corrected chi connectivity index (χ1v) is 6.28. The lowest BCUT2D eigenvalue weighted by atomic mass is 10.2. The van der Waals surface area contributed by atoms with Gasteiger partial charge in [-0.1, -0.05) is 0 Å². The lowest BCUT2D eigenvalue weighted by Gasteiger charge is -2.19. The average Bonchev–Trinajstić information content (AvgIpc) is 2.68. The highest BCUT2D eigenvalue weighted by Gasteiger charge is 2.25. The summed E-state index contributed by atoms with van der Waals surface area (Å²) in [6.07, 6.45) is 2.75. The van der Waals surface area contributed by atoms with Gasteiger partial charge in [0.15, 0.2) is 0 Å². The van der Waals surface area contributed by atoms with Crippen molar-refractivity contribution in [1.82, 2.24) is 0 Å². The van der Waals surface area contributed by atoms with E-state index in [-0.39, 0.29) is 12.1 Å². The molecular formula is C12H16BrNO2. The summed E-state index contributed by atoms with van der Waals surface area (Å²) in [6.45, 7) is 0. The minimum atomic E-state index is -0.238. The lowest BCUT2D eigenvalue weighted by molar-refractivity contribution is 0.172. The van der Waals surface area contributed by atoms with E-state index < -0.39 is 0 Å². The summed E-state index contributed by atoms with van der Waals surface area (Å²) in [4.78, 5) is 0. The van der Waals surface area contributed by atoms with E-state index in [1.807, 2.05) is 18.2 Å². The highest BCUT2D eigenvalue weighted by Crippen LogP contribution is 2.30. The van der Waals surface area contributed by atoms with Crippen LogP contribution in [0.2, 0.25) is 0 Å². The van der Waals surface area contributed by atoms with Crippen LogP contribution in [-0.2, 0) is 0 Å². The second-order valence-corrected chi connectivity index (χ2v) is 4.95. The molecule has 0 unspecified atom stereocenters. The van der Waals surface area contributed by atoms with Gasteiger partial charge in [-0.05, 0) is 47.3 Å². The first kappa shape index (κ1) is 11.7. The molecular weight excluding hydrogens is 270 g/mol. The van der Waals surface area contributed by atoms with E-state index in [1.165, 1.54) is 0 Å². The van der Waals surface area contributed by atoms with Crippen LogP contribution < -0.4 is 10.1 Å². The number of anilines is 1. The molecule has 2 rings (SSSR count). The second-order valence-electron chi connectivity index (χ2n) is 4.09. The normalized spacial score (nSPS) is 24.4. The van der Waals surface area contributed by atoms with E-state index >= 15 is 0 Å². The van der Waals surface area contributed by atoms with Gasteiger partial charge in [-0.15, -0.1) is 0 Å². The van der Waals surface area contributed by atoms with Crippen molar-refractivity contribution in [1.29, 1.82) is 0 Å². The molecule has 2 N–H and O–H groups in total. The SMILES string of the molecule is COc1ccc(Br)c(N[C@H]2CCC[C@@H]2O)c1. The fourth-order valence-corrected chi connectivity index (χ4v) is 2.41. The van der Waals surface area contributed by atoms with Crippen LogP contribution in [0.5, 0.6) is 5.75 Å². The van der Waals surface area contributed by atoms with Crippen LogP contribution in [0.25, 0.3) is 0 Å². The maximum Gasteiger partial charge on any atom is 0.121 e. The Kier molecular flexibility index (Phi) is 3.71. The van der Waals surface area contributed by atoms with Gasteiger partial charge < -0.3 is 15.2 Å². The minimum Gasteiger partial charge on any atom is -0.497 e. The number of benzene rings is 1. The van der Waals surface area contributed by atoms with Crippen LogP contribution in [0.15, 0.2) is 22.7 Å². The van der Waals surface area contributed by atoms with Crippen molar-refractivity contribution in [3.8, 4) is 5.75 Å². The Bertz CT molecular complexity index is 370. The van der Waals surface area contributed by atoms with Crippen LogP contribution in [0.1, 0.15) is 19.3 Å². The molecule has 1 fully saturated rings. The summed E-state index contributed by atoms with van der Waals surface area (Å²) in [5.41, 5.74) is 0.977. The molecule has 0 aliphatic heterocycles. The molecule has 88 valence electrons. The molecule has 3 nitrogen and oxygen atoms in total. The summed E-state index contributed by atoms with van der Waals surface area (Å²) < 4.78 is 6.17. The Hall–Kier alpha value is -0.740. The van der Waals surface area contributed by atoms with Gasteiger partial charge in [-0.25, -0.2) is 0 Å². The number of rotatable bonds is 3. The van der Waals surface area contributed by atoms with E-state index in [0.29, 0.717) is 0 Å². The van der Waals surface area contributed by atoms with Gasteiger partial charge >= 0.3 is 0 Å². The molecule has 1 aliphatic carbocycles. The molecule has 0 spiro atoms. The van der Waals surface area contributed by atoms with E-state index in [2.05, 4.69) is 21.2 Å². The fourth-order valence-electron chi connectivity index (χ4n) is 2.05. The van der Waals surface area contributed by atoms with Crippen molar-refractivity contribution in [2.45, 2.75) is 31.4 Å². The van der Waals surface area contributed by atoms with Gasteiger partial charge in [-0.2, -0.15) is 0 Å². The Labute approximate surface area is 104 Å². The third-order valence-corrected chi connectivity index (χ3v) is 3.69. The predicted octanol–water partition coefficient (Wildman–Crippen LogP) is 2.78. The van der Waals surface area contributed by atoms with Crippen LogP contribution in [0, 0.1) is 0 Å². The van der Waals surface area contributed by atoms with E-state index in [4.69, 9.17) is 4.74 Å². The molecule has 0 radical (unpaired) electrons. The molecule has 4 heteroatoms. The van der Waals surface area contributed by atoms with Crippen molar-refractivity contribution in [3.05, 3.63) is 22.7 Å². The molecule has 1 saturated carbocycles. The van der Waals surface area contributed by atoms with Gasteiger partial charge in [0.25, 0.3) is 0 Å². The molecule has 1 aromatic rings. The third-order valence-electron chi connectivity index (χ3n) is 2.99. The molecule has 1 aromatic carbocycles. The highest BCUT2D eigenvalue weighted by molar-refractivity contribution is 9.10. The number of hydrogen-bond donors (Lipinski definition) is 2. The lowest BCUT2D eigenvalue weighted by Crippen LogP contribution is -2.28. The Morgan fingerprint density at radius 2 is 2.25 bits per heavy atom. The molecule has 0 aromatic heterocycles. The van der Waals surface area contributed by atoms with Crippen molar-refractivity contribution in [3.63, 3.8) is 0 Å². The number of aliphatic hydroxyl groups is 1. The van der Waals surface area contributed by atoms with Crippen molar-refractivity contribution < 1.29 is 9.84 Å². The second kappa shape index (κ2) is 5.06. The Morgan fingerprint density at radius 1 is 1.44 bits per heavy atom. The van der Waals surface area contributed by atoms with E-state index in [0.717, 1.165) is 35.2 Å². The summed E-state index contributed by atoms with van der Waals surface area (Å²) in [5, 5.41) is 13.1. The molecule has 2 atom stereocenters. The number of aliphatic hydroxyl groups excluding tert-OH is 1. The van der Waals surface area contributed by atoms with Crippen molar-refractivity contribution in [2.24, 2.45) is 0 Å². The van der Waals surface area contributed by atoms with E-state index in [9.17, 15) is 5.11 Å². The molecule has 16 heavy (non-hydrogen) atoms. The molecule has 0 heterocycles. The van der Waals surface area contributed by atoms with Crippen LogP contribution >= 0.6 is 15.9 Å². The Balaban J connectivity index is 2.13. The maximum absolute atomic E-state index is 9.76. The molecule has 0 bridgehead atoms. The summed E-state index contributed by atoms with van der Waals surface area (Å²) >= 11 is 3.49. The van der Waals surface area contributed by atoms with Crippen LogP contribution in [0.4, 0.5) is 5.69 Å². The zero-order valence-corrected chi connectivity index (χ0v) is 10.8. The first-order chi connectivity index (χ1) is 7.70. The monoisotopic (exact) mass is 285 g/mol. The van der Waals surface area contributed by atoms with Crippen molar-refractivity contribution in [2.75, 3.05) is 12.4 Å². The number of methoxy groups -OCH3 is 1. The highest BCUT2D eigenvalue weighted by atomic mass is 79.9. The largest absolute Gasteiger partial charge is 0.497 e. The maximum atomic E-state index is 9.76. The number of nitrogens with one attached hydrogen (secondary N) is 1. The predicted molar refractivity (Wildman–Crippen MR) is 68.0 cm³/mol. The quantitative estimate of drug-likeness (QED) is 0.897. The van der Waals surface area contributed by atoms with Crippen LogP contribution in [-0.4, -0.2) is 24.4 Å². The van der Waals surface area contributed by atoms with Crippen LogP contribution in [0.3, 0.4) is 0 Å². The minimum absolute atomic E-state index is 0.156. The molecule has 0 saturated heterocycles. The third kappa shape index (κ3) is 2.50. The smallest absolute Gasteiger partial charge is 0.121 e. The fraction of sp³-hybridized carbons (Fsp3) is 0.500. The summed E-state index contributed by atoms with van der Waals surface area (Å²) in [7, 11) is 1.65. The number of ether oxygens (including phenoxy) is 1. The first-order valence-electron chi connectivity index (χ1n) is 5.49. The van der Waals surface area contributed by atoms with Gasteiger partial charge in [0.1, 0.15) is 5.75 Å². The summed E-state index contributed by atoms with van der Waals surface area (Å²) in [6, 6.07) is 5.95. The summed E-state index contributed by atoms with van der Waals surface area (Å²) in [5.74, 6) is 0.818. The Morgan fingerprint density at radius 3 is 2.88 bits per heavy atom. The number of halogens is 1. The van der Waals surface area contributed by atoms with Gasteiger partial charge in [0.2, 0.25) is 0 Å². The number of hydrogen-bond acceptors (Lipinski definition) is 3. The molecule has 0 amide bonds. The molecule has 1 aliphatic rings. The van der Waals surface area contributed by atoms with Crippen molar-refractivity contribution >= 4 is 21.6 Å². The van der Waals surface area contributed by atoms with E-state index in [1.54, 1.807) is 7.11 Å². The zero-order valence-electron chi connectivity index (χ0n) is 9.24. The van der Waals surface area contributed by atoms with Gasteiger partial charge in [0.05, 0.1) is 24.9 Å². The van der Waals surface area contributed by atoms with Gasteiger partial charge in [0, 0.05) is 10.5 Å². The topological polar surface area (TPSA) is 41.5 Å². The average molecular weight is 286 g/mol. The van der Waals surface area contributed by atoms with Gasteiger partial charge in [-0.3, -0.25) is 0 Å². The standard InChI is InChI=1S/C12H16BrNO2/c1-16-8-5-6-9(13)11(7-8)14-10-3-2-4-12(10)15/h5-7,10,12,14-15H,2-4H2,1H3/t10-,12-/m0/s1. The zero-order chi connectivity index (χ0) is 11.5.